The number of hydrogen-bond donors (Lipinski definition) is 1. The van der Waals surface area contributed by atoms with Gasteiger partial charge in [-0.3, -0.25) is 0 Å². The first kappa shape index (κ1) is 9.09. The number of fused-ring (bicyclic) bond motifs is 1. The van der Waals surface area contributed by atoms with Gasteiger partial charge in [0.15, 0.2) is 0 Å². The molecule has 68 valence electrons. The second-order valence-corrected chi connectivity index (χ2v) is 4.12. The number of halogens is 1. The lowest BCUT2D eigenvalue weighted by Crippen LogP contribution is -2.23. The van der Waals surface area contributed by atoms with Crippen LogP contribution in [0.15, 0.2) is 22.7 Å². The lowest BCUT2D eigenvalue weighted by atomic mass is 9.69. The molecule has 0 saturated carbocycles. The Morgan fingerprint density at radius 2 is 2.38 bits per heavy atom. The predicted molar refractivity (Wildman–Crippen MR) is 55.8 cm³/mol. The van der Waals surface area contributed by atoms with Crippen molar-refractivity contribution in [1.82, 2.24) is 0 Å². The first-order valence-electron chi connectivity index (χ1n) is 4.36. The summed E-state index contributed by atoms with van der Waals surface area (Å²) in [6, 6.07) is 5.88. The van der Waals surface area contributed by atoms with Crippen LogP contribution in [0.1, 0.15) is 24.7 Å². The Hall–Kier alpha value is -0.475. The highest BCUT2D eigenvalue weighted by Gasteiger charge is 2.37. The molecule has 13 heavy (non-hydrogen) atoms. The molecule has 1 aromatic rings. The number of benzene rings is 1. The van der Waals surface area contributed by atoms with E-state index >= 15 is 0 Å². The molecular weight excluding hydrogens is 231 g/mol. The van der Waals surface area contributed by atoms with E-state index in [4.69, 9.17) is 4.65 Å². The molecule has 1 N–H and O–H groups in total. The Labute approximate surface area is 86.2 Å². The largest absolute Gasteiger partial charge is 0.535 e. The Morgan fingerprint density at radius 3 is 3.08 bits per heavy atom. The first-order chi connectivity index (χ1) is 6.22. The lowest BCUT2D eigenvalue weighted by molar-refractivity contribution is 0.419. The van der Waals surface area contributed by atoms with Crippen molar-refractivity contribution in [3.05, 3.63) is 28.2 Å². The molecule has 0 fully saturated rings. The molecule has 0 radical (unpaired) electrons. The minimum atomic E-state index is -0.672. The summed E-state index contributed by atoms with van der Waals surface area (Å²) in [4.78, 5) is 0. The van der Waals surface area contributed by atoms with E-state index in [0.29, 0.717) is 0 Å². The van der Waals surface area contributed by atoms with Crippen LogP contribution in [0.4, 0.5) is 0 Å². The lowest BCUT2D eigenvalue weighted by Gasteiger charge is -2.04. The van der Waals surface area contributed by atoms with Crippen LogP contribution < -0.4 is 4.65 Å². The smallest absolute Gasteiger partial charge is 0.530 e. The van der Waals surface area contributed by atoms with Gasteiger partial charge in [0.1, 0.15) is 5.75 Å². The maximum Gasteiger partial charge on any atom is 0.530 e. The highest BCUT2D eigenvalue weighted by molar-refractivity contribution is 9.10. The molecule has 1 aromatic carbocycles. The minimum absolute atomic E-state index is 0.128. The van der Waals surface area contributed by atoms with Gasteiger partial charge in [0, 0.05) is 10.3 Å². The molecule has 1 aliphatic rings. The van der Waals surface area contributed by atoms with Crippen molar-refractivity contribution < 1.29 is 9.68 Å². The molecule has 1 aliphatic heterocycles. The maximum atomic E-state index is 9.56. The van der Waals surface area contributed by atoms with Crippen molar-refractivity contribution in [3.63, 3.8) is 0 Å². The molecule has 1 heterocycles. The fourth-order valence-corrected chi connectivity index (χ4v) is 2.04. The third-order valence-electron chi connectivity index (χ3n) is 2.41. The molecule has 0 spiro atoms. The van der Waals surface area contributed by atoms with Gasteiger partial charge in [-0.15, -0.1) is 0 Å². The van der Waals surface area contributed by atoms with Crippen molar-refractivity contribution in [2.45, 2.75) is 19.2 Å². The molecule has 2 nitrogen and oxygen atoms in total. The van der Waals surface area contributed by atoms with Crippen LogP contribution in [0.2, 0.25) is 0 Å². The van der Waals surface area contributed by atoms with E-state index in [1.165, 1.54) is 0 Å². The van der Waals surface area contributed by atoms with E-state index < -0.39 is 7.12 Å². The average molecular weight is 241 g/mol. The third kappa shape index (κ3) is 1.49. The number of rotatable bonds is 1. The molecule has 1 atom stereocenters. The molecule has 2 rings (SSSR count). The Bertz CT molecular complexity index is 329. The zero-order valence-electron chi connectivity index (χ0n) is 7.33. The third-order valence-corrected chi connectivity index (χ3v) is 2.90. The van der Waals surface area contributed by atoms with E-state index in [0.717, 1.165) is 22.2 Å². The minimum Gasteiger partial charge on any atom is -0.535 e. The predicted octanol–water partition coefficient (Wildman–Crippen LogP) is 2.35. The van der Waals surface area contributed by atoms with E-state index in [9.17, 15) is 5.02 Å². The van der Waals surface area contributed by atoms with Gasteiger partial charge in [0.25, 0.3) is 0 Å². The molecule has 4 heteroatoms. The van der Waals surface area contributed by atoms with Crippen molar-refractivity contribution in [3.8, 4) is 5.75 Å². The fraction of sp³-hybridized carbons (Fsp3) is 0.333. The second kappa shape index (κ2) is 3.35. The van der Waals surface area contributed by atoms with Gasteiger partial charge in [0.05, 0.1) is 0 Å². The molecule has 0 aliphatic carbocycles. The second-order valence-electron chi connectivity index (χ2n) is 3.21. The van der Waals surface area contributed by atoms with Gasteiger partial charge in [0.2, 0.25) is 0 Å². The monoisotopic (exact) mass is 240 g/mol. The SMILES string of the molecule is CCC1B(O)Oc2cc(Br)ccc21. The molecule has 0 amide bonds. The van der Waals surface area contributed by atoms with Crippen LogP contribution in [-0.2, 0) is 0 Å². The molecular formula is C9H10BBrO2. The van der Waals surface area contributed by atoms with Crippen molar-refractivity contribution in [1.29, 1.82) is 0 Å². The van der Waals surface area contributed by atoms with Crippen LogP contribution in [0.25, 0.3) is 0 Å². The highest BCUT2D eigenvalue weighted by atomic mass is 79.9. The van der Waals surface area contributed by atoms with E-state index in [1.807, 2.05) is 25.1 Å². The van der Waals surface area contributed by atoms with Gasteiger partial charge in [-0.1, -0.05) is 28.9 Å². The standard InChI is InChI=1S/C9H10BBrO2/c1-2-8-7-4-3-6(11)5-9(7)13-10(8)12/h3-5,8,12H,2H2,1H3. The molecule has 0 bridgehead atoms. The summed E-state index contributed by atoms with van der Waals surface area (Å²) in [5.74, 6) is 0.928. The van der Waals surface area contributed by atoms with E-state index in [-0.39, 0.29) is 5.82 Å². The topological polar surface area (TPSA) is 29.5 Å². The van der Waals surface area contributed by atoms with Crippen LogP contribution in [0.3, 0.4) is 0 Å². The van der Waals surface area contributed by atoms with E-state index in [1.54, 1.807) is 0 Å². The summed E-state index contributed by atoms with van der Waals surface area (Å²) in [5.41, 5.74) is 1.11. The summed E-state index contributed by atoms with van der Waals surface area (Å²) in [6.07, 6.45) is 0.899. The zero-order valence-corrected chi connectivity index (χ0v) is 8.91. The normalized spacial score (nSPS) is 19.9. The van der Waals surface area contributed by atoms with Gasteiger partial charge < -0.3 is 9.68 Å². The van der Waals surface area contributed by atoms with Crippen LogP contribution in [-0.4, -0.2) is 12.1 Å². The van der Waals surface area contributed by atoms with Crippen molar-refractivity contribution >= 4 is 23.0 Å². The quantitative estimate of drug-likeness (QED) is 0.764. The van der Waals surface area contributed by atoms with E-state index in [2.05, 4.69) is 15.9 Å². The Kier molecular flexibility index (Phi) is 2.34. The van der Waals surface area contributed by atoms with Crippen LogP contribution >= 0.6 is 15.9 Å². The fourth-order valence-electron chi connectivity index (χ4n) is 1.70. The Morgan fingerprint density at radius 1 is 1.62 bits per heavy atom. The zero-order chi connectivity index (χ0) is 9.42. The molecule has 1 unspecified atom stereocenters. The number of hydrogen-bond acceptors (Lipinski definition) is 2. The summed E-state index contributed by atoms with van der Waals surface area (Å²) in [7, 11) is -0.672. The van der Waals surface area contributed by atoms with Gasteiger partial charge in [-0.25, -0.2) is 0 Å². The van der Waals surface area contributed by atoms with Crippen molar-refractivity contribution in [2.75, 3.05) is 0 Å². The van der Waals surface area contributed by atoms with Crippen molar-refractivity contribution in [2.24, 2.45) is 0 Å². The van der Waals surface area contributed by atoms with Gasteiger partial charge in [-0.05, 0) is 24.1 Å². The van der Waals surface area contributed by atoms with Crippen LogP contribution in [0, 0.1) is 0 Å². The summed E-state index contributed by atoms with van der Waals surface area (Å²) >= 11 is 3.37. The summed E-state index contributed by atoms with van der Waals surface area (Å²) in [6.45, 7) is 2.05. The average Bonchev–Trinajstić information content (AvgIpc) is 2.39. The Balaban J connectivity index is 2.42. The molecule has 0 aromatic heterocycles. The first-order valence-corrected chi connectivity index (χ1v) is 5.16. The highest BCUT2D eigenvalue weighted by Crippen LogP contribution is 2.38. The van der Waals surface area contributed by atoms with Gasteiger partial charge in [-0.2, -0.15) is 0 Å². The van der Waals surface area contributed by atoms with Gasteiger partial charge >= 0.3 is 7.12 Å². The molecule has 0 saturated heterocycles. The summed E-state index contributed by atoms with van der Waals surface area (Å²) < 4.78 is 6.30. The van der Waals surface area contributed by atoms with Crippen LogP contribution in [0.5, 0.6) is 5.75 Å². The summed E-state index contributed by atoms with van der Waals surface area (Å²) in [5, 5.41) is 9.56. The maximum absolute atomic E-state index is 9.56.